The van der Waals surface area contributed by atoms with Crippen LogP contribution in [0, 0.1) is 0 Å². The van der Waals surface area contributed by atoms with E-state index in [0.717, 1.165) is 11.3 Å². The highest BCUT2D eigenvalue weighted by Gasteiger charge is 2.11. The Morgan fingerprint density at radius 2 is 2.10 bits per heavy atom. The molecule has 5 nitrogen and oxygen atoms in total. The molecule has 0 radical (unpaired) electrons. The van der Waals surface area contributed by atoms with E-state index in [-0.39, 0.29) is 5.97 Å². The van der Waals surface area contributed by atoms with E-state index in [4.69, 9.17) is 9.47 Å². The number of ether oxygens (including phenoxy) is 2. The van der Waals surface area contributed by atoms with Crippen LogP contribution < -0.4 is 10.1 Å². The third-order valence-electron chi connectivity index (χ3n) is 2.59. The molecule has 0 amide bonds. The lowest BCUT2D eigenvalue weighted by molar-refractivity contribution is 0.0520. The van der Waals surface area contributed by atoms with Crippen LogP contribution >= 0.6 is 11.3 Å². The first-order valence-corrected chi connectivity index (χ1v) is 7.10. The molecule has 0 saturated heterocycles. The summed E-state index contributed by atoms with van der Waals surface area (Å²) in [6.07, 6.45) is 0. The molecule has 0 aliphatic carbocycles. The molecule has 20 heavy (non-hydrogen) atoms. The molecule has 1 aromatic heterocycles. The van der Waals surface area contributed by atoms with E-state index in [1.165, 1.54) is 11.3 Å². The van der Waals surface area contributed by atoms with Gasteiger partial charge in [-0.25, -0.2) is 9.78 Å². The lowest BCUT2D eigenvalue weighted by atomic mass is 10.2. The Morgan fingerprint density at radius 1 is 1.35 bits per heavy atom. The van der Waals surface area contributed by atoms with Crippen LogP contribution in [0.2, 0.25) is 0 Å². The molecule has 0 bridgehead atoms. The van der Waals surface area contributed by atoms with Gasteiger partial charge in [-0.2, -0.15) is 0 Å². The van der Waals surface area contributed by atoms with E-state index in [1.54, 1.807) is 19.4 Å². The van der Waals surface area contributed by atoms with E-state index in [9.17, 15) is 4.79 Å². The average molecular weight is 292 g/mol. The summed E-state index contributed by atoms with van der Waals surface area (Å²) in [5.74, 6) is 0.439. The molecule has 106 valence electrons. The summed E-state index contributed by atoms with van der Waals surface area (Å²) in [5, 5.41) is 5.56. The van der Waals surface area contributed by atoms with Crippen LogP contribution in [0.4, 0.5) is 5.13 Å². The van der Waals surface area contributed by atoms with E-state index < -0.39 is 0 Å². The molecule has 0 spiro atoms. The standard InChI is InChI=1S/C14H16N2O3S/c1-3-19-13(17)12-9-20-14(16-12)15-8-10-4-6-11(18-2)7-5-10/h4-7,9H,3,8H2,1-2H3,(H,15,16). The van der Waals surface area contributed by atoms with Crippen molar-refractivity contribution in [2.75, 3.05) is 19.0 Å². The van der Waals surface area contributed by atoms with Crippen molar-refractivity contribution in [3.8, 4) is 5.75 Å². The highest BCUT2D eigenvalue weighted by molar-refractivity contribution is 7.13. The molecular formula is C14H16N2O3S. The number of esters is 1. The van der Waals surface area contributed by atoms with Gasteiger partial charge in [0.2, 0.25) is 0 Å². The number of aromatic nitrogens is 1. The predicted octanol–water partition coefficient (Wildman–Crippen LogP) is 2.94. The van der Waals surface area contributed by atoms with Crippen LogP contribution in [-0.2, 0) is 11.3 Å². The molecule has 0 saturated carbocycles. The van der Waals surface area contributed by atoms with Crippen molar-refractivity contribution in [1.82, 2.24) is 4.98 Å². The maximum atomic E-state index is 11.5. The first kappa shape index (κ1) is 14.3. The van der Waals surface area contributed by atoms with Crippen molar-refractivity contribution in [2.24, 2.45) is 0 Å². The van der Waals surface area contributed by atoms with E-state index >= 15 is 0 Å². The van der Waals surface area contributed by atoms with Crippen molar-refractivity contribution < 1.29 is 14.3 Å². The first-order chi connectivity index (χ1) is 9.72. The second kappa shape index (κ2) is 6.91. The number of nitrogens with zero attached hydrogens (tertiary/aromatic N) is 1. The second-order valence-electron chi connectivity index (χ2n) is 3.96. The summed E-state index contributed by atoms with van der Waals surface area (Å²) < 4.78 is 10.00. The molecular weight excluding hydrogens is 276 g/mol. The third kappa shape index (κ3) is 3.71. The zero-order valence-corrected chi connectivity index (χ0v) is 12.2. The maximum absolute atomic E-state index is 11.5. The number of benzene rings is 1. The molecule has 1 N–H and O–H groups in total. The minimum Gasteiger partial charge on any atom is -0.497 e. The van der Waals surface area contributed by atoms with Crippen molar-refractivity contribution in [3.05, 3.63) is 40.9 Å². The van der Waals surface area contributed by atoms with Gasteiger partial charge in [-0.05, 0) is 24.6 Å². The van der Waals surface area contributed by atoms with Gasteiger partial charge in [-0.15, -0.1) is 11.3 Å². The number of nitrogens with one attached hydrogen (secondary N) is 1. The number of rotatable bonds is 6. The van der Waals surface area contributed by atoms with Gasteiger partial charge < -0.3 is 14.8 Å². The Labute approximate surface area is 121 Å². The summed E-state index contributed by atoms with van der Waals surface area (Å²) in [6.45, 7) is 2.76. The van der Waals surface area contributed by atoms with Gasteiger partial charge in [0.1, 0.15) is 5.75 Å². The van der Waals surface area contributed by atoms with E-state index in [0.29, 0.717) is 24.0 Å². The zero-order chi connectivity index (χ0) is 14.4. The molecule has 0 atom stereocenters. The molecule has 2 aromatic rings. The molecule has 1 heterocycles. The molecule has 0 fully saturated rings. The predicted molar refractivity (Wildman–Crippen MR) is 78.4 cm³/mol. The Morgan fingerprint density at radius 3 is 2.75 bits per heavy atom. The van der Waals surface area contributed by atoms with Gasteiger partial charge in [-0.1, -0.05) is 12.1 Å². The molecule has 2 rings (SSSR count). The fourth-order valence-electron chi connectivity index (χ4n) is 1.57. The minimum absolute atomic E-state index is 0.342. The monoisotopic (exact) mass is 292 g/mol. The van der Waals surface area contributed by atoms with Crippen LogP contribution in [0.3, 0.4) is 0 Å². The summed E-state index contributed by atoms with van der Waals surface area (Å²) in [4.78, 5) is 15.7. The lowest BCUT2D eigenvalue weighted by Crippen LogP contribution is -2.05. The van der Waals surface area contributed by atoms with E-state index in [1.807, 2.05) is 24.3 Å². The lowest BCUT2D eigenvalue weighted by Gasteiger charge is -2.04. The van der Waals surface area contributed by atoms with Gasteiger partial charge in [0.05, 0.1) is 13.7 Å². The molecule has 6 heteroatoms. The van der Waals surface area contributed by atoms with Crippen molar-refractivity contribution in [3.63, 3.8) is 0 Å². The van der Waals surface area contributed by atoms with Gasteiger partial charge in [0.15, 0.2) is 10.8 Å². The van der Waals surface area contributed by atoms with Crippen molar-refractivity contribution >= 4 is 22.4 Å². The van der Waals surface area contributed by atoms with Gasteiger partial charge in [0.25, 0.3) is 0 Å². The summed E-state index contributed by atoms with van der Waals surface area (Å²) in [7, 11) is 1.64. The number of anilines is 1. The normalized spacial score (nSPS) is 10.1. The van der Waals surface area contributed by atoms with Crippen molar-refractivity contribution in [1.29, 1.82) is 0 Å². The quantitative estimate of drug-likeness (QED) is 0.829. The maximum Gasteiger partial charge on any atom is 0.357 e. The topological polar surface area (TPSA) is 60.5 Å². The third-order valence-corrected chi connectivity index (χ3v) is 3.39. The average Bonchev–Trinajstić information content (AvgIpc) is 2.95. The highest BCUT2D eigenvalue weighted by Crippen LogP contribution is 2.18. The summed E-state index contributed by atoms with van der Waals surface area (Å²) in [6, 6.07) is 7.77. The van der Waals surface area contributed by atoms with Crippen LogP contribution in [0.25, 0.3) is 0 Å². The molecule has 1 aromatic carbocycles. The number of carbonyl (C=O) groups is 1. The van der Waals surface area contributed by atoms with Crippen LogP contribution in [0.5, 0.6) is 5.75 Å². The van der Waals surface area contributed by atoms with Gasteiger partial charge in [-0.3, -0.25) is 0 Å². The Kier molecular flexibility index (Phi) is 4.95. The Bertz CT molecular complexity index is 566. The molecule has 0 unspecified atom stereocenters. The number of methoxy groups -OCH3 is 1. The molecule has 0 aliphatic heterocycles. The van der Waals surface area contributed by atoms with Crippen molar-refractivity contribution in [2.45, 2.75) is 13.5 Å². The van der Waals surface area contributed by atoms with Crippen LogP contribution in [0.1, 0.15) is 23.0 Å². The fraction of sp³-hybridized carbons (Fsp3) is 0.286. The minimum atomic E-state index is -0.388. The zero-order valence-electron chi connectivity index (χ0n) is 11.4. The molecule has 0 aliphatic rings. The Hall–Kier alpha value is -2.08. The summed E-state index contributed by atoms with van der Waals surface area (Å²) in [5.41, 5.74) is 1.45. The SMILES string of the molecule is CCOC(=O)c1csc(NCc2ccc(OC)cc2)n1. The second-order valence-corrected chi connectivity index (χ2v) is 4.82. The fourth-order valence-corrected chi connectivity index (χ4v) is 2.25. The number of hydrogen-bond donors (Lipinski definition) is 1. The van der Waals surface area contributed by atoms with Gasteiger partial charge in [0, 0.05) is 11.9 Å². The highest BCUT2D eigenvalue weighted by atomic mass is 32.1. The van der Waals surface area contributed by atoms with Crippen LogP contribution in [0.15, 0.2) is 29.6 Å². The number of carbonyl (C=O) groups excluding carboxylic acids is 1. The van der Waals surface area contributed by atoms with E-state index in [2.05, 4.69) is 10.3 Å². The first-order valence-electron chi connectivity index (χ1n) is 6.22. The van der Waals surface area contributed by atoms with Gasteiger partial charge >= 0.3 is 5.97 Å². The van der Waals surface area contributed by atoms with Crippen LogP contribution in [-0.4, -0.2) is 24.7 Å². The largest absolute Gasteiger partial charge is 0.497 e. The smallest absolute Gasteiger partial charge is 0.357 e. The number of hydrogen-bond acceptors (Lipinski definition) is 6. The Balaban J connectivity index is 1.91. The summed E-state index contributed by atoms with van der Waals surface area (Å²) >= 11 is 1.38. The number of thiazole rings is 1.